The second-order valence-corrected chi connectivity index (χ2v) is 3.24. The van der Waals surface area contributed by atoms with Gasteiger partial charge in [-0.2, -0.15) is 0 Å². The molecule has 0 aromatic rings. The number of rotatable bonds is 0. The molecule has 0 amide bonds. The van der Waals surface area contributed by atoms with E-state index >= 15 is 0 Å². The minimum Gasteiger partial charge on any atom is -0.393 e. The molecule has 0 aromatic carbocycles. The minimum absolute atomic E-state index is 0.223. The fourth-order valence-corrected chi connectivity index (χ4v) is 2.11. The Hall–Kier alpha value is -1.16. The molecular formula is C8H6O4. The predicted molar refractivity (Wildman–Crippen MR) is 35.9 cm³/mol. The quantitative estimate of drug-likeness (QED) is 0.280. The standard InChI is InChI=1S/C8H6O4/c9-7-5-3-1-2-4(11-3)6(5)8(10)12-7/h1-6H/t3-,4-,5+,6+/m0/s1. The number of carbonyl (C=O) groups is 2. The van der Waals surface area contributed by atoms with Gasteiger partial charge in [0.15, 0.2) is 0 Å². The lowest BCUT2D eigenvalue weighted by Crippen LogP contribution is -2.26. The van der Waals surface area contributed by atoms with Gasteiger partial charge >= 0.3 is 11.9 Å². The van der Waals surface area contributed by atoms with Crippen LogP contribution in [0.25, 0.3) is 0 Å². The lowest BCUT2D eigenvalue weighted by molar-refractivity contribution is -0.156. The molecule has 2 fully saturated rings. The molecule has 0 aliphatic carbocycles. The van der Waals surface area contributed by atoms with E-state index in [1.807, 2.05) is 12.2 Å². The van der Waals surface area contributed by atoms with Gasteiger partial charge in [0, 0.05) is 0 Å². The number of ether oxygens (including phenoxy) is 2. The Morgan fingerprint density at radius 2 is 1.50 bits per heavy atom. The van der Waals surface area contributed by atoms with Gasteiger partial charge in [-0.1, -0.05) is 12.2 Å². The third-order valence-electron chi connectivity index (χ3n) is 2.65. The molecule has 4 nitrogen and oxygen atoms in total. The first-order chi connectivity index (χ1) is 5.77. The highest BCUT2D eigenvalue weighted by Crippen LogP contribution is 2.43. The number of esters is 2. The van der Waals surface area contributed by atoms with E-state index in [4.69, 9.17) is 4.74 Å². The number of fused-ring (bicyclic) bond motifs is 5. The lowest BCUT2D eigenvalue weighted by Gasteiger charge is -2.08. The van der Waals surface area contributed by atoms with Gasteiger partial charge < -0.3 is 9.47 Å². The van der Waals surface area contributed by atoms with E-state index in [0.717, 1.165) is 0 Å². The SMILES string of the molecule is O=C1OC(=O)[C@H]2[C@H]1[C@@H]1C=C[C@@H]2O1. The Kier molecular flexibility index (Phi) is 0.939. The van der Waals surface area contributed by atoms with Crippen LogP contribution in [0.15, 0.2) is 12.2 Å². The van der Waals surface area contributed by atoms with Crippen LogP contribution in [0.1, 0.15) is 0 Å². The number of hydrogen-bond acceptors (Lipinski definition) is 4. The lowest BCUT2D eigenvalue weighted by atomic mass is 9.85. The summed E-state index contributed by atoms with van der Waals surface area (Å²) in [5.41, 5.74) is 0. The number of cyclic esters (lactones) is 2. The zero-order valence-electron chi connectivity index (χ0n) is 6.10. The van der Waals surface area contributed by atoms with Crippen molar-refractivity contribution in [2.24, 2.45) is 11.8 Å². The fraction of sp³-hybridized carbons (Fsp3) is 0.500. The zero-order valence-corrected chi connectivity index (χ0v) is 6.10. The Morgan fingerprint density at radius 1 is 1.00 bits per heavy atom. The molecule has 0 N–H and O–H groups in total. The molecule has 0 spiro atoms. The molecule has 62 valence electrons. The zero-order chi connectivity index (χ0) is 8.29. The van der Waals surface area contributed by atoms with Crippen LogP contribution in [0.2, 0.25) is 0 Å². The van der Waals surface area contributed by atoms with E-state index in [2.05, 4.69) is 4.74 Å². The van der Waals surface area contributed by atoms with Gasteiger partial charge in [-0.3, -0.25) is 9.59 Å². The van der Waals surface area contributed by atoms with Crippen LogP contribution in [-0.2, 0) is 19.1 Å². The third-order valence-corrected chi connectivity index (χ3v) is 2.65. The first kappa shape index (κ1) is 6.37. The van der Waals surface area contributed by atoms with Crippen molar-refractivity contribution in [3.63, 3.8) is 0 Å². The Bertz CT molecular complexity index is 278. The van der Waals surface area contributed by atoms with Crippen molar-refractivity contribution in [3.8, 4) is 0 Å². The average Bonchev–Trinajstić information content (AvgIpc) is 2.64. The summed E-state index contributed by atoms with van der Waals surface area (Å²) in [4.78, 5) is 22.2. The van der Waals surface area contributed by atoms with Crippen molar-refractivity contribution in [2.45, 2.75) is 12.2 Å². The molecule has 0 unspecified atom stereocenters. The van der Waals surface area contributed by atoms with Crippen LogP contribution >= 0.6 is 0 Å². The molecule has 3 heterocycles. The van der Waals surface area contributed by atoms with E-state index in [-0.39, 0.29) is 24.0 Å². The molecule has 12 heavy (non-hydrogen) atoms. The molecule has 2 bridgehead atoms. The van der Waals surface area contributed by atoms with Crippen molar-refractivity contribution >= 4 is 11.9 Å². The van der Waals surface area contributed by atoms with E-state index in [0.29, 0.717) is 0 Å². The van der Waals surface area contributed by atoms with Gasteiger partial charge in [-0.05, 0) is 0 Å². The summed E-state index contributed by atoms with van der Waals surface area (Å²) < 4.78 is 9.86. The van der Waals surface area contributed by atoms with Gasteiger partial charge in [0.1, 0.15) is 11.8 Å². The second kappa shape index (κ2) is 1.77. The van der Waals surface area contributed by atoms with Crippen molar-refractivity contribution in [1.29, 1.82) is 0 Å². The highest BCUT2D eigenvalue weighted by molar-refractivity contribution is 5.98. The third kappa shape index (κ3) is 0.536. The van der Waals surface area contributed by atoms with Gasteiger partial charge in [0.2, 0.25) is 0 Å². The van der Waals surface area contributed by atoms with Crippen LogP contribution in [0.3, 0.4) is 0 Å². The van der Waals surface area contributed by atoms with Crippen LogP contribution in [0, 0.1) is 11.8 Å². The van der Waals surface area contributed by atoms with Crippen molar-refractivity contribution in [3.05, 3.63) is 12.2 Å². The first-order valence-electron chi connectivity index (χ1n) is 3.87. The van der Waals surface area contributed by atoms with Crippen LogP contribution in [0.4, 0.5) is 0 Å². The molecule has 0 radical (unpaired) electrons. The van der Waals surface area contributed by atoms with E-state index in [1.54, 1.807) is 0 Å². The van der Waals surface area contributed by atoms with Crippen LogP contribution < -0.4 is 0 Å². The Labute approximate surface area is 68.1 Å². The molecule has 3 aliphatic heterocycles. The summed E-state index contributed by atoms with van der Waals surface area (Å²) in [7, 11) is 0. The van der Waals surface area contributed by atoms with Crippen LogP contribution in [-0.4, -0.2) is 24.1 Å². The van der Waals surface area contributed by atoms with Gasteiger partial charge in [-0.15, -0.1) is 0 Å². The summed E-state index contributed by atoms with van der Waals surface area (Å²) in [6, 6.07) is 0. The van der Waals surface area contributed by atoms with E-state index in [9.17, 15) is 9.59 Å². The topological polar surface area (TPSA) is 52.6 Å². The Morgan fingerprint density at radius 3 is 2.00 bits per heavy atom. The number of hydrogen-bond donors (Lipinski definition) is 0. The van der Waals surface area contributed by atoms with Gasteiger partial charge in [0.05, 0.1) is 12.2 Å². The maximum absolute atomic E-state index is 11.1. The van der Waals surface area contributed by atoms with E-state index in [1.165, 1.54) is 0 Å². The summed E-state index contributed by atoms with van der Waals surface area (Å²) in [6.45, 7) is 0. The summed E-state index contributed by atoms with van der Waals surface area (Å²) in [6.07, 6.45) is 3.20. The normalized spacial score (nSPS) is 48.3. The highest BCUT2D eigenvalue weighted by Gasteiger charge is 2.59. The Balaban J connectivity index is 2.08. The first-order valence-corrected chi connectivity index (χ1v) is 3.87. The van der Waals surface area contributed by atoms with Crippen molar-refractivity contribution < 1.29 is 19.1 Å². The predicted octanol–water partition coefficient (Wildman–Crippen LogP) is -0.361. The summed E-state index contributed by atoms with van der Waals surface area (Å²) in [5, 5.41) is 0. The molecule has 0 aromatic heterocycles. The molecule has 4 atom stereocenters. The maximum Gasteiger partial charge on any atom is 0.320 e. The molecular weight excluding hydrogens is 160 g/mol. The molecule has 4 heteroatoms. The van der Waals surface area contributed by atoms with Crippen molar-refractivity contribution in [2.75, 3.05) is 0 Å². The molecule has 3 rings (SSSR count). The highest BCUT2D eigenvalue weighted by atomic mass is 16.6. The average molecular weight is 166 g/mol. The summed E-state index contributed by atoms with van der Waals surface area (Å²) in [5.74, 6) is -1.59. The largest absolute Gasteiger partial charge is 0.393 e. The van der Waals surface area contributed by atoms with Crippen LogP contribution in [0.5, 0.6) is 0 Å². The second-order valence-electron chi connectivity index (χ2n) is 3.24. The minimum atomic E-state index is -0.429. The molecule has 3 aliphatic rings. The molecule has 2 saturated heterocycles. The van der Waals surface area contributed by atoms with Gasteiger partial charge in [-0.25, -0.2) is 0 Å². The van der Waals surface area contributed by atoms with E-state index < -0.39 is 11.9 Å². The van der Waals surface area contributed by atoms with Gasteiger partial charge in [0.25, 0.3) is 0 Å². The fourth-order valence-electron chi connectivity index (χ4n) is 2.11. The monoisotopic (exact) mass is 166 g/mol. The number of carbonyl (C=O) groups excluding carboxylic acids is 2. The summed E-state index contributed by atoms with van der Waals surface area (Å²) >= 11 is 0. The maximum atomic E-state index is 11.1. The van der Waals surface area contributed by atoms with Crippen molar-refractivity contribution in [1.82, 2.24) is 0 Å². The molecule has 0 saturated carbocycles. The smallest absolute Gasteiger partial charge is 0.320 e.